The highest BCUT2D eigenvalue weighted by Crippen LogP contribution is 2.20. The first-order valence-corrected chi connectivity index (χ1v) is 4.57. The molecule has 14 heavy (non-hydrogen) atoms. The maximum Gasteiger partial charge on any atom is 0.127 e. The predicted molar refractivity (Wildman–Crippen MR) is 54.6 cm³/mol. The Hall–Kier alpha value is -1.04. The molecule has 0 radical (unpaired) electrons. The van der Waals surface area contributed by atoms with Crippen LogP contribution < -0.4 is 0 Å². The molecule has 0 saturated heterocycles. The molecule has 3 heteroatoms. The lowest BCUT2D eigenvalue weighted by molar-refractivity contribution is 0.179. The molecule has 1 unspecified atom stereocenters. The van der Waals surface area contributed by atoms with Crippen LogP contribution in [0.5, 0.6) is 0 Å². The van der Waals surface area contributed by atoms with Gasteiger partial charge in [0.05, 0.1) is 6.10 Å². The van der Waals surface area contributed by atoms with Gasteiger partial charge in [-0.15, -0.1) is 12.3 Å². The van der Waals surface area contributed by atoms with E-state index in [0.29, 0.717) is 10.6 Å². The molecule has 1 nitrogen and oxygen atoms in total. The number of halogens is 2. The van der Waals surface area contributed by atoms with Crippen molar-refractivity contribution in [1.29, 1.82) is 0 Å². The van der Waals surface area contributed by atoms with Crippen molar-refractivity contribution in [1.82, 2.24) is 0 Å². The average molecular weight is 213 g/mol. The Kier molecular flexibility index (Phi) is 3.94. The number of benzene rings is 1. The summed E-state index contributed by atoms with van der Waals surface area (Å²) in [5.41, 5.74) is 0.317. The van der Waals surface area contributed by atoms with Gasteiger partial charge in [-0.05, 0) is 12.1 Å². The van der Waals surface area contributed by atoms with Crippen LogP contribution in [0.4, 0.5) is 4.39 Å². The molecule has 0 aromatic heterocycles. The quantitative estimate of drug-likeness (QED) is 0.763. The molecule has 0 aliphatic carbocycles. The fourth-order valence-corrected chi connectivity index (χ4v) is 1.41. The fraction of sp³-hybridized carbons (Fsp3) is 0.273. The molecule has 0 spiro atoms. The minimum atomic E-state index is -0.741. The van der Waals surface area contributed by atoms with Crippen molar-refractivity contribution in [2.24, 2.45) is 0 Å². The Balaban J connectivity index is 2.81. The van der Waals surface area contributed by atoms with E-state index in [1.54, 1.807) is 6.07 Å². The minimum Gasteiger partial charge on any atom is -0.392 e. The standard InChI is InChI=1S/C11H10ClFO/c1-2-4-8(14)7-9-10(12)5-3-6-11(9)13/h1,3,5-6,8,14H,4,7H2. The number of aliphatic hydroxyl groups is 1. The van der Waals surface area contributed by atoms with Crippen molar-refractivity contribution in [3.63, 3.8) is 0 Å². The van der Waals surface area contributed by atoms with Crippen LogP contribution in [0.25, 0.3) is 0 Å². The molecule has 1 aromatic rings. The van der Waals surface area contributed by atoms with E-state index in [2.05, 4.69) is 5.92 Å². The topological polar surface area (TPSA) is 20.2 Å². The molecule has 0 bridgehead atoms. The van der Waals surface area contributed by atoms with Gasteiger partial charge >= 0.3 is 0 Å². The molecule has 0 aliphatic rings. The van der Waals surface area contributed by atoms with E-state index in [-0.39, 0.29) is 12.8 Å². The Labute approximate surface area is 87.5 Å². The highest BCUT2D eigenvalue weighted by molar-refractivity contribution is 6.31. The van der Waals surface area contributed by atoms with Crippen LogP contribution in [0.3, 0.4) is 0 Å². The molecule has 1 rings (SSSR count). The molecular weight excluding hydrogens is 203 g/mol. The maximum atomic E-state index is 13.2. The van der Waals surface area contributed by atoms with Crippen LogP contribution in [0.2, 0.25) is 5.02 Å². The van der Waals surface area contributed by atoms with Gasteiger partial charge in [-0.1, -0.05) is 17.7 Å². The first kappa shape index (κ1) is 11.0. The zero-order valence-electron chi connectivity index (χ0n) is 7.50. The molecular formula is C11H10ClFO. The summed E-state index contributed by atoms with van der Waals surface area (Å²) in [7, 11) is 0. The number of rotatable bonds is 3. The summed E-state index contributed by atoms with van der Waals surface area (Å²) < 4.78 is 13.2. The summed E-state index contributed by atoms with van der Waals surface area (Å²) in [4.78, 5) is 0. The molecule has 0 heterocycles. The first-order valence-electron chi connectivity index (χ1n) is 4.19. The third-order valence-electron chi connectivity index (χ3n) is 1.85. The van der Waals surface area contributed by atoms with Gasteiger partial charge in [0.1, 0.15) is 5.82 Å². The maximum absolute atomic E-state index is 13.2. The predicted octanol–water partition coefficient (Wildman–Crippen LogP) is 2.41. The molecule has 0 aliphatic heterocycles. The fourth-order valence-electron chi connectivity index (χ4n) is 1.17. The van der Waals surface area contributed by atoms with Crippen LogP contribution >= 0.6 is 11.6 Å². The van der Waals surface area contributed by atoms with Crippen LogP contribution in [0.15, 0.2) is 18.2 Å². The zero-order valence-corrected chi connectivity index (χ0v) is 8.26. The lowest BCUT2D eigenvalue weighted by Gasteiger charge is -2.09. The lowest BCUT2D eigenvalue weighted by Crippen LogP contribution is -2.10. The molecule has 1 N–H and O–H groups in total. The monoisotopic (exact) mass is 212 g/mol. The summed E-state index contributed by atoms with van der Waals surface area (Å²) >= 11 is 5.77. The summed E-state index contributed by atoms with van der Waals surface area (Å²) in [5, 5.41) is 9.70. The summed E-state index contributed by atoms with van der Waals surface area (Å²) in [6.45, 7) is 0. The van der Waals surface area contributed by atoms with E-state index < -0.39 is 11.9 Å². The highest BCUT2D eigenvalue weighted by atomic mass is 35.5. The number of hydrogen-bond acceptors (Lipinski definition) is 1. The van der Waals surface area contributed by atoms with E-state index in [4.69, 9.17) is 18.0 Å². The van der Waals surface area contributed by atoms with E-state index in [0.717, 1.165) is 0 Å². The summed E-state index contributed by atoms with van der Waals surface area (Å²) in [6, 6.07) is 4.42. The van der Waals surface area contributed by atoms with Gasteiger partial charge in [-0.2, -0.15) is 0 Å². The van der Waals surface area contributed by atoms with Gasteiger partial charge < -0.3 is 5.11 Å². The Morgan fingerprint density at radius 2 is 2.29 bits per heavy atom. The van der Waals surface area contributed by atoms with Gasteiger partial charge in [0.2, 0.25) is 0 Å². The largest absolute Gasteiger partial charge is 0.392 e. The zero-order chi connectivity index (χ0) is 10.6. The second kappa shape index (κ2) is 4.99. The number of hydrogen-bond donors (Lipinski definition) is 1. The third-order valence-corrected chi connectivity index (χ3v) is 2.21. The Morgan fingerprint density at radius 1 is 1.57 bits per heavy atom. The Morgan fingerprint density at radius 3 is 2.86 bits per heavy atom. The van der Waals surface area contributed by atoms with Crippen molar-refractivity contribution in [3.8, 4) is 12.3 Å². The smallest absolute Gasteiger partial charge is 0.127 e. The summed E-state index contributed by atoms with van der Waals surface area (Å²) in [5.74, 6) is 1.90. The van der Waals surface area contributed by atoms with Gasteiger partial charge in [-0.3, -0.25) is 0 Å². The van der Waals surface area contributed by atoms with Crippen LogP contribution in [-0.4, -0.2) is 11.2 Å². The van der Waals surface area contributed by atoms with Crippen molar-refractivity contribution < 1.29 is 9.50 Å². The number of aliphatic hydroxyl groups excluding tert-OH is 1. The third kappa shape index (κ3) is 2.73. The molecule has 1 aromatic carbocycles. The van der Waals surface area contributed by atoms with Crippen LogP contribution in [-0.2, 0) is 6.42 Å². The Bertz CT molecular complexity index is 337. The summed E-state index contributed by atoms with van der Waals surface area (Å²) in [6.07, 6.45) is 4.63. The second-order valence-corrected chi connectivity index (χ2v) is 3.37. The normalized spacial score (nSPS) is 12.1. The van der Waals surface area contributed by atoms with Crippen LogP contribution in [0.1, 0.15) is 12.0 Å². The van der Waals surface area contributed by atoms with Gasteiger partial charge in [0, 0.05) is 23.4 Å². The molecule has 0 amide bonds. The SMILES string of the molecule is C#CCC(O)Cc1c(F)cccc1Cl. The lowest BCUT2D eigenvalue weighted by atomic mass is 10.1. The van der Waals surface area contributed by atoms with Crippen LogP contribution in [0, 0.1) is 18.2 Å². The molecule has 0 saturated carbocycles. The van der Waals surface area contributed by atoms with E-state index >= 15 is 0 Å². The molecule has 74 valence electrons. The average Bonchev–Trinajstić information content (AvgIpc) is 2.12. The molecule has 1 atom stereocenters. The second-order valence-electron chi connectivity index (χ2n) is 2.97. The minimum absolute atomic E-state index is 0.149. The van der Waals surface area contributed by atoms with E-state index in [1.165, 1.54) is 12.1 Å². The van der Waals surface area contributed by atoms with Gasteiger partial charge in [-0.25, -0.2) is 4.39 Å². The first-order chi connectivity index (χ1) is 6.65. The van der Waals surface area contributed by atoms with Crippen molar-refractivity contribution >= 4 is 11.6 Å². The number of terminal acetylenes is 1. The highest BCUT2D eigenvalue weighted by Gasteiger charge is 2.11. The molecule has 0 fully saturated rings. The van der Waals surface area contributed by atoms with Crippen molar-refractivity contribution in [2.45, 2.75) is 18.9 Å². The van der Waals surface area contributed by atoms with Crippen molar-refractivity contribution in [2.75, 3.05) is 0 Å². The van der Waals surface area contributed by atoms with E-state index in [9.17, 15) is 9.50 Å². The van der Waals surface area contributed by atoms with E-state index in [1.807, 2.05) is 0 Å². The van der Waals surface area contributed by atoms with Gasteiger partial charge in [0.25, 0.3) is 0 Å². The van der Waals surface area contributed by atoms with Crippen molar-refractivity contribution in [3.05, 3.63) is 34.6 Å². The van der Waals surface area contributed by atoms with Gasteiger partial charge in [0.15, 0.2) is 0 Å².